The molecule has 2 amide bonds. The molecule has 10 heteroatoms. The van der Waals surface area contributed by atoms with Crippen LogP contribution in [-0.2, 0) is 32.6 Å². The predicted octanol–water partition coefficient (Wildman–Crippen LogP) is 4.16. The topological polar surface area (TPSA) is 96.0 Å². The summed E-state index contributed by atoms with van der Waals surface area (Å²) in [7, 11) is -2.42. The molecule has 40 heavy (non-hydrogen) atoms. The van der Waals surface area contributed by atoms with Crippen molar-refractivity contribution in [3.05, 3.63) is 95.8 Å². The first kappa shape index (κ1) is 30.6. The van der Waals surface area contributed by atoms with Crippen LogP contribution in [0.25, 0.3) is 0 Å². The van der Waals surface area contributed by atoms with Crippen LogP contribution in [0.3, 0.4) is 0 Å². The van der Waals surface area contributed by atoms with E-state index in [9.17, 15) is 22.4 Å². The molecule has 1 N–H and O–H groups in total. The average Bonchev–Trinajstić information content (AvgIpc) is 2.89. The molecule has 0 radical (unpaired) electrons. The molecule has 3 aromatic carbocycles. The van der Waals surface area contributed by atoms with E-state index in [0.29, 0.717) is 5.75 Å². The van der Waals surface area contributed by atoms with E-state index in [-0.39, 0.29) is 24.2 Å². The summed E-state index contributed by atoms with van der Waals surface area (Å²) in [6, 6.07) is 20.3. The van der Waals surface area contributed by atoms with Gasteiger partial charge in [0, 0.05) is 24.1 Å². The van der Waals surface area contributed by atoms with Gasteiger partial charge in [0.15, 0.2) is 0 Å². The molecule has 0 spiro atoms. The first-order valence-electron chi connectivity index (χ1n) is 12.8. The van der Waals surface area contributed by atoms with E-state index < -0.39 is 45.8 Å². The predicted molar refractivity (Wildman–Crippen MR) is 154 cm³/mol. The number of carbonyl (C=O) groups is 2. The lowest BCUT2D eigenvalue weighted by molar-refractivity contribution is -0.140. The van der Waals surface area contributed by atoms with Gasteiger partial charge < -0.3 is 15.0 Å². The number of amides is 2. The fourth-order valence-corrected chi connectivity index (χ4v) is 5.03. The Morgan fingerprint density at radius 2 is 1.55 bits per heavy atom. The Bertz CT molecular complexity index is 1410. The summed E-state index contributed by atoms with van der Waals surface area (Å²) in [6.07, 6.45) is 1.14. The maximum absolute atomic E-state index is 14.8. The maximum Gasteiger partial charge on any atom is 0.244 e. The van der Waals surface area contributed by atoms with Crippen LogP contribution in [0, 0.1) is 5.82 Å². The number of anilines is 1. The van der Waals surface area contributed by atoms with Crippen LogP contribution in [0.2, 0.25) is 0 Å². The number of ether oxygens (including phenoxy) is 1. The summed E-state index contributed by atoms with van der Waals surface area (Å²) in [5.41, 5.74) is 0.632. The molecule has 0 aliphatic carbocycles. The van der Waals surface area contributed by atoms with Gasteiger partial charge in [-0.15, -0.1) is 0 Å². The molecule has 3 aromatic rings. The smallest absolute Gasteiger partial charge is 0.244 e. The van der Waals surface area contributed by atoms with E-state index in [0.717, 1.165) is 16.1 Å². The Morgan fingerprint density at radius 1 is 0.950 bits per heavy atom. The molecule has 8 nitrogen and oxygen atoms in total. The number of rotatable bonds is 11. The average molecular weight is 570 g/mol. The fourth-order valence-electron chi connectivity index (χ4n) is 4.18. The van der Waals surface area contributed by atoms with Crippen LogP contribution in [-0.4, -0.2) is 56.6 Å². The van der Waals surface area contributed by atoms with E-state index in [1.54, 1.807) is 18.2 Å². The minimum absolute atomic E-state index is 0.143. The first-order valence-corrected chi connectivity index (χ1v) is 14.6. The number of methoxy groups -OCH3 is 1. The molecule has 1 atom stereocenters. The SMILES string of the molecule is COc1ccc(N(CC(=O)N(Cc2ccccc2F)[C@H](Cc2ccccc2)C(=O)NC(C)(C)C)S(C)(=O)=O)cc1. The van der Waals surface area contributed by atoms with Crippen molar-refractivity contribution >= 4 is 27.5 Å². The third-order valence-electron chi connectivity index (χ3n) is 6.11. The number of nitrogens with zero attached hydrogens (tertiary/aromatic N) is 2. The standard InChI is InChI=1S/C30H36FN3O5S/c1-30(2,3)32-29(36)27(19-22-11-7-6-8-12-22)33(20-23-13-9-10-14-26(23)31)28(35)21-34(40(5,37)38)24-15-17-25(39-4)18-16-24/h6-18,27H,19-21H2,1-5H3,(H,32,36)/t27-/m1/s1. The summed E-state index contributed by atoms with van der Waals surface area (Å²) in [4.78, 5) is 28.9. The maximum atomic E-state index is 14.8. The van der Waals surface area contributed by atoms with Gasteiger partial charge in [0.05, 0.1) is 19.1 Å². The largest absolute Gasteiger partial charge is 0.497 e. The molecule has 0 aromatic heterocycles. The fraction of sp³-hybridized carbons (Fsp3) is 0.333. The minimum atomic E-state index is -3.91. The lowest BCUT2D eigenvalue weighted by Crippen LogP contribution is -2.56. The number of halogens is 1. The van der Waals surface area contributed by atoms with E-state index in [2.05, 4.69) is 5.32 Å². The van der Waals surface area contributed by atoms with E-state index in [4.69, 9.17) is 4.74 Å². The molecule has 0 aliphatic rings. The highest BCUT2D eigenvalue weighted by Gasteiger charge is 2.34. The third-order valence-corrected chi connectivity index (χ3v) is 7.25. The highest BCUT2D eigenvalue weighted by Crippen LogP contribution is 2.23. The number of carbonyl (C=O) groups excluding carboxylic acids is 2. The van der Waals surface area contributed by atoms with Crippen LogP contribution >= 0.6 is 0 Å². The van der Waals surface area contributed by atoms with Crippen LogP contribution < -0.4 is 14.4 Å². The first-order chi connectivity index (χ1) is 18.8. The zero-order valence-corrected chi connectivity index (χ0v) is 24.2. The van der Waals surface area contributed by atoms with E-state index in [1.165, 1.54) is 42.3 Å². The molecular formula is C30H36FN3O5S. The second-order valence-corrected chi connectivity index (χ2v) is 12.4. The summed E-state index contributed by atoms with van der Waals surface area (Å²) in [6.45, 7) is 4.64. The van der Waals surface area contributed by atoms with Crippen LogP contribution in [0.5, 0.6) is 5.75 Å². The van der Waals surface area contributed by atoms with Gasteiger partial charge in [-0.2, -0.15) is 0 Å². The van der Waals surface area contributed by atoms with Crippen molar-refractivity contribution in [1.82, 2.24) is 10.2 Å². The number of hydrogen-bond acceptors (Lipinski definition) is 5. The summed E-state index contributed by atoms with van der Waals surface area (Å²) in [5.74, 6) is -1.11. The van der Waals surface area contributed by atoms with Gasteiger partial charge >= 0.3 is 0 Å². The van der Waals surface area contributed by atoms with Crippen molar-refractivity contribution in [2.45, 2.75) is 45.3 Å². The Hall–Kier alpha value is -3.92. The van der Waals surface area contributed by atoms with Gasteiger partial charge in [0.1, 0.15) is 24.2 Å². The molecule has 3 rings (SSSR count). The monoisotopic (exact) mass is 569 g/mol. The van der Waals surface area contributed by atoms with Gasteiger partial charge in [-0.25, -0.2) is 12.8 Å². The van der Waals surface area contributed by atoms with Crippen LogP contribution in [0.1, 0.15) is 31.9 Å². The van der Waals surface area contributed by atoms with E-state index >= 15 is 0 Å². The molecule has 0 saturated carbocycles. The molecule has 0 saturated heterocycles. The second-order valence-electron chi connectivity index (χ2n) is 10.5. The minimum Gasteiger partial charge on any atom is -0.497 e. The Balaban J connectivity index is 2.07. The molecule has 0 aliphatic heterocycles. The number of benzene rings is 3. The lowest BCUT2D eigenvalue weighted by Gasteiger charge is -2.35. The van der Waals surface area contributed by atoms with Gasteiger partial charge in [0.2, 0.25) is 21.8 Å². The number of sulfonamides is 1. The number of nitrogens with one attached hydrogen (secondary N) is 1. The molecule has 214 valence electrons. The molecule has 0 heterocycles. The Kier molecular flexibility index (Phi) is 9.92. The highest BCUT2D eigenvalue weighted by molar-refractivity contribution is 7.92. The Labute approximate surface area is 235 Å². The van der Waals surface area contributed by atoms with Crippen molar-refractivity contribution in [2.75, 3.05) is 24.2 Å². The zero-order chi connectivity index (χ0) is 29.5. The summed E-state index contributed by atoms with van der Waals surface area (Å²) in [5, 5.41) is 2.93. The zero-order valence-electron chi connectivity index (χ0n) is 23.4. The lowest BCUT2D eigenvalue weighted by atomic mass is 10.0. The van der Waals surface area contributed by atoms with Gasteiger partial charge in [-0.1, -0.05) is 48.5 Å². The summed E-state index contributed by atoms with van der Waals surface area (Å²) >= 11 is 0. The quantitative estimate of drug-likeness (QED) is 0.374. The van der Waals surface area contributed by atoms with Crippen molar-refractivity contribution in [1.29, 1.82) is 0 Å². The van der Waals surface area contributed by atoms with Crippen molar-refractivity contribution in [2.24, 2.45) is 0 Å². The molecule has 0 bridgehead atoms. The normalized spacial score (nSPS) is 12.3. The Morgan fingerprint density at radius 3 is 2.10 bits per heavy atom. The van der Waals surface area contributed by atoms with Crippen LogP contribution in [0.15, 0.2) is 78.9 Å². The molecule has 0 fully saturated rings. The van der Waals surface area contributed by atoms with Gasteiger partial charge in [0.25, 0.3) is 0 Å². The molecule has 0 unspecified atom stereocenters. The second kappa shape index (κ2) is 13.0. The van der Waals surface area contributed by atoms with Crippen molar-refractivity contribution in [3.63, 3.8) is 0 Å². The van der Waals surface area contributed by atoms with E-state index in [1.807, 2.05) is 51.1 Å². The third kappa shape index (κ3) is 8.54. The number of hydrogen-bond donors (Lipinski definition) is 1. The summed E-state index contributed by atoms with van der Waals surface area (Å²) < 4.78 is 46.6. The van der Waals surface area contributed by atoms with Gasteiger partial charge in [-0.05, 0) is 56.7 Å². The highest BCUT2D eigenvalue weighted by atomic mass is 32.2. The van der Waals surface area contributed by atoms with Crippen molar-refractivity contribution in [3.8, 4) is 5.75 Å². The van der Waals surface area contributed by atoms with Gasteiger partial charge in [-0.3, -0.25) is 13.9 Å². The van der Waals surface area contributed by atoms with Crippen molar-refractivity contribution < 1.29 is 27.1 Å². The molecular weight excluding hydrogens is 533 g/mol. The van der Waals surface area contributed by atoms with Crippen LogP contribution in [0.4, 0.5) is 10.1 Å².